The molecule has 0 saturated carbocycles. The van der Waals surface area contributed by atoms with E-state index in [9.17, 15) is 4.79 Å². The summed E-state index contributed by atoms with van der Waals surface area (Å²) in [6.45, 7) is 8.18. The maximum Gasteiger partial charge on any atom is 0.323 e. The number of aryl methyl sites for hydroxylation is 1. The molecule has 5 heteroatoms. The smallest absolute Gasteiger partial charge is 0.323 e. The summed E-state index contributed by atoms with van der Waals surface area (Å²) in [5.41, 5.74) is 3.67. The lowest BCUT2D eigenvalue weighted by atomic mass is 10.1. The van der Waals surface area contributed by atoms with Crippen LogP contribution in [-0.4, -0.2) is 24.1 Å². The number of nitrogens with zero attached hydrogens (tertiary/aromatic N) is 2. The lowest BCUT2D eigenvalue weighted by Gasteiger charge is -2.22. The van der Waals surface area contributed by atoms with Crippen LogP contribution in [0.4, 0.5) is 21.9 Å². The molecule has 22 heavy (non-hydrogen) atoms. The van der Waals surface area contributed by atoms with Crippen LogP contribution < -0.4 is 15.5 Å². The highest BCUT2D eigenvalue weighted by Gasteiger charge is 2.08. The number of pyridine rings is 1. The summed E-state index contributed by atoms with van der Waals surface area (Å²) in [5.74, 6) is 0. The Bertz CT molecular complexity index is 624. The summed E-state index contributed by atoms with van der Waals surface area (Å²) in [7, 11) is 0. The first-order valence-corrected chi connectivity index (χ1v) is 7.47. The molecule has 1 aromatic carbocycles. The van der Waals surface area contributed by atoms with Crippen LogP contribution in [0.5, 0.6) is 0 Å². The molecule has 0 radical (unpaired) electrons. The van der Waals surface area contributed by atoms with Gasteiger partial charge in [-0.2, -0.15) is 0 Å². The zero-order valence-electron chi connectivity index (χ0n) is 13.3. The van der Waals surface area contributed by atoms with Crippen molar-refractivity contribution in [3.05, 3.63) is 48.3 Å². The highest BCUT2D eigenvalue weighted by Crippen LogP contribution is 2.22. The van der Waals surface area contributed by atoms with E-state index in [4.69, 9.17) is 0 Å². The van der Waals surface area contributed by atoms with Gasteiger partial charge < -0.3 is 15.5 Å². The van der Waals surface area contributed by atoms with Gasteiger partial charge in [-0.15, -0.1) is 0 Å². The van der Waals surface area contributed by atoms with Gasteiger partial charge in [0.1, 0.15) is 0 Å². The van der Waals surface area contributed by atoms with E-state index in [-0.39, 0.29) is 6.03 Å². The summed E-state index contributed by atoms with van der Waals surface area (Å²) >= 11 is 0. The second-order valence-electron chi connectivity index (χ2n) is 4.99. The van der Waals surface area contributed by atoms with Crippen LogP contribution in [0.1, 0.15) is 19.4 Å². The van der Waals surface area contributed by atoms with Crippen molar-refractivity contribution in [2.24, 2.45) is 0 Å². The molecule has 0 bridgehead atoms. The number of urea groups is 1. The van der Waals surface area contributed by atoms with Gasteiger partial charge in [-0.1, -0.05) is 0 Å². The molecule has 116 valence electrons. The first-order valence-electron chi connectivity index (χ1n) is 7.47. The molecule has 0 aliphatic carbocycles. The van der Waals surface area contributed by atoms with E-state index >= 15 is 0 Å². The normalized spacial score (nSPS) is 10.1. The topological polar surface area (TPSA) is 57.3 Å². The summed E-state index contributed by atoms with van der Waals surface area (Å²) in [6.07, 6.45) is 3.27. The van der Waals surface area contributed by atoms with E-state index in [0.29, 0.717) is 5.69 Å². The van der Waals surface area contributed by atoms with Crippen LogP contribution in [0.25, 0.3) is 0 Å². The predicted molar refractivity (Wildman–Crippen MR) is 91.6 cm³/mol. The molecule has 0 atom stereocenters. The number of hydrogen-bond donors (Lipinski definition) is 2. The van der Waals surface area contributed by atoms with Crippen molar-refractivity contribution in [1.82, 2.24) is 4.98 Å². The summed E-state index contributed by atoms with van der Waals surface area (Å²) in [6, 6.07) is 9.35. The Hall–Kier alpha value is -2.56. The average molecular weight is 298 g/mol. The van der Waals surface area contributed by atoms with Gasteiger partial charge >= 0.3 is 6.03 Å². The molecule has 0 spiro atoms. The molecular formula is C17H22N4O. The Balaban J connectivity index is 2.05. The fourth-order valence-corrected chi connectivity index (χ4v) is 2.29. The molecule has 1 heterocycles. The lowest BCUT2D eigenvalue weighted by molar-refractivity contribution is 0.262. The minimum Gasteiger partial charge on any atom is -0.372 e. The van der Waals surface area contributed by atoms with Crippen LogP contribution in [0, 0.1) is 6.92 Å². The highest BCUT2D eigenvalue weighted by atomic mass is 16.2. The van der Waals surface area contributed by atoms with E-state index in [1.807, 2.05) is 19.1 Å². The monoisotopic (exact) mass is 298 g/mol. The Labute approximate surface area is 131 Å². The predicted octanol–water partition coefficient (Wildman–Crippen LogP) is 3.88. The highest BCUT2D eigenvalue weighted by molar-refractivity contribution is 6.00. The summed E-state index contributed by atoms with van der Waals surface area (Å²) < 4.78 is 0. The average Bonchev–Trinajstić information content (AvgIpc) is 2.52. The van der Waals surface area contributed by atoms with Crippen molar-refractivity contribution < 1.29 is 4.79 Å². The van der Waals surface area contributed by atoms with E-state index in [1.165, 1.54) is 5.69 Å². The molecule has 0 aliphatic heterocycles. The molecule has 5 nitrogen and oxygen atoms in total. The maximum absolute atomic E-state index is 12.0. The number of nitrogens with one attached hydrogen (secondary N) is 2. The minimum absolute atomic E-state index is 0.272. The van der Waals surface area contributed by atoms with Crippen LogP contribution in [-0.2, 0) is 0 Å². The fourth-order valence-electron chi connectivity index (χ4n) is 2.29. The summed E-state index contributed by atoms with van der Waals surface area (Å²) in [4.78, 5) is 18.2. The van der Waals surface area contributed by atoms with Crippen LogP contribution in [0.2, 0.25) is 0 Å². The Morgan fingerprint density at radius 1 is 1.18 bits per heavy atom. The Morgan fingerprint density at radius 3 is 2.55 bits per heavy atom. The molecule has 2 aromatic rings. The molecule has 2 amide bonds. The van der Waals surface area contributed by atoms with Crippen molar-refractivity contribution in [1.29, 1.82) is 0 Å². The van der Waals surface area contributed by atoms with E-state index in [0.717, 1.165) is 24.3 Å². The molecular weight excluding hydrogens is 276 g/mol. The van der Waals surface area contributed by atoms with Gasteiger partial charge in [0, 0.05) is 30.7 Å². The van der Waals surface area contributed by atoms with Crippen LogP contribution in [0.15, 0.2) is 42.7 Å². The minimum atomic E-state index is -0.272. The van der Waals surface area contributed by atoms with Gasteiger partial charge in [-0.3, -0.25) is 4.98 Å². The maximum atomic E-state index is 12.0. The third-order valence-electron chi connectivity index (χ3n) is 3.51. The largest absolute Gasteiger partial charge is 0.372 e. The quantitative estimate of drug-likeness (QED) is 0.880. The number of benzene rings is 1. The number of carbonyl (C=O) groups excluding carboxylic acids is 1. The first-order chi connectivity index (χ1) is 10.6. The van der Waals surface area contributed by atoms with Crippen molar-refractivity contribution >= 4 is 23.1 Å². The number of carbonyl (C=O) groups is 1. The zero-order valence-corrected chi connectivity index (χ0v) is 13.3. The molecule has 0 unspecified atom stereocenters. The molecule has 0 aliphatic rings. The number of anilines is 3. The number of amides is 2. The number of hydrogen-bond acceptors (Lipinski definition) is 3. The van der Waals surface area contributed by atoms with Gasteiger partial charge in [0.2, 0.25) is 0 Å². The second-order valence-corrected chi connectivity index (χ2v) is 4.99. The van der Waals surface area contributed by atoms with Gasteiger partial charge in [0.05, 0.1) is 11.9 Å². The SMILES string of the molecule is CCN(CC)c1ccc(NC(=O)Nc2cccnc2)c(C)c1. The lowest BCUT2D eigenvalue weighted by Crippen LogP contribution is -2.22. The third-order valence-corrected chi connectivity index (χ3v) is 3.51. The molecule has 0 saturated heterocycles. The second kappa shape index (κ2) is 7.45. The van der Waals surface area contributed by atoms with Gasteiger partial charge in [-0.25, -0.2) is 4.79 Å². The number of aromatic nitrogens is 1. The van der Waals surface area contributed by atoms with Crippen molar-refractivity contribution in [3.63, 3.8) is 0 Å². The molecule has 0 fully saturated rings. The van der Waals surface area contributed by atoms with Crippen molar-refractivity contribution in [3.8, 4) is 0 Å². The first kappa shape index (κ1) is 15.8. The molecule has 2 rings (SSSR count). The van der Waals surface area contributed by atoms with Crippen LogP contribution >= 0.6 is 0 Å². The molecule has 1 aromatic heterocycles. The number of rotatable bonds is 5. The van der Waals surface area contributed by atoms with Crippen molar-refractivity contribution in [2.75, 3.05) is 28.6 Å². The Kier molecular flexibility index (Phi) is 5.36. The van der Waals surface area contributed by atoms with Crippen molar-refractivity contribution in [2.45, 2.75) is 20.8 Å². The van der Waals surface area contributed by atoms with Crippen LogP contribution in [0.3, 0.4) is 0 Å². The van der Waals surface area contributed by atoms with E-state index in [1.54, 1.807) is 24.5 Å². The molecule has 2 N–H and O–H groups in total. The fraction of sp³-hybridized carbons (Fsp3) is 0.294. The Morgan fingerprint density at radius 2 is 1.95 bits per heavy atom. The zero-order chi connectivity index (χ0) is 15.9. The van der Waals surface area contributed by atoms with E-state index < -0.39 is 0 Å². The van der Waals surface area contributed by atoms with Gasteiger partial charge in [0.15, 0.2) is 0 Å². The van der Waals surface area contributed by atoms with Gasteiger partial charge in [0.25, 0.3) is 0 Å². The summed E-state index contributed by atoms with van der Waals surface area (Å²) in [5, 5.41) is 5.62. The third kappa shape index (κ3) is 3.97. The van der Waals surface area contributed by atoms with Gasteiger partial charge in [-0.05, 0) is 56.7 Å². The van der Waals surface area contributed by atoms with E-state index in [2.05, 4.69) is 40.4 Å². The standard InChI is InChI=1S/C17H22N4O/c1-4-21(5-2)15-8-9-16(13(3)11-15)20-17(22)19-14-7-6-10-18-12-14/h6-12H,4-5H2,1-3H3,(H2,19,20,22).